The molecule has 1 saturated heterocycles. The second-order valence-electron chi connectivity index (χ2n) is 5.06. The number of hydrogen-bond donors (Lipinski definition) is 1. The Bertz CT molecular complexity index is 386. The van der Waals surface area contributed by atoms with Gasteiger partial charge in [0.1, 0.15) is 0 Å². The summed E-state index contributed by atoms with van der Waals surface area (Å²) in [6.45, 7) is 4.79. The minimum absolute atomic E-state index is 0.0820. The summed E-state index contributed by atoms with van der Waals surface area (Å²) in [7, 11) is 0. The van der Waals surface area contributed by atoms with Crippen molar-refractivity contribution in [1.29, 1.82) is 0 Å². The summed E-state index contributed by atoms with van der Waals surface area (Å²) in [5.41, 5.74) is 6.53. The van der Waals surface area contributed by atoms with Crippen molar-refractivity contribution < 1.29 is 4.79 Å². The highest BCUT2D eigenvalue weighted by Crippen LogP contribution is 2.29. The van der Waals surface area contributed by atoms with Gasteiger partial charge in [-0.3, -0.25) is 4.79 Å². The quantitative estimate of drug-likeness (QED) is 0.779. The first-order valence-electron chi connectivity index (χ1n) is 5.63. The molecule has 1 unspecified atom stereocenters. The summed E-state index contributed by atoms with van der Waals surface area (Å²) in [5.74, 6) is 0.0820. The molecule has 16 heavy (non-hydrogen) atoms. The first kappa shape index (κ1) is 11.1. The molecule has 2 rings (SSSR count). The van der Waals surface area contributed by atoms with E-state index in [1.165, 1.54) is 0 Å². The van der Waals surface area contributed by atoms with Crippen molar-refractivity contribution in [2.24, 2.45) is 5.73 Å². The lowest BCUT2D eigenvalue weighted by Crippen LogP contribution is -2.42. The van der Waals surface area contributed by atoms with Gasteiger partial charge in [-0.25, -0.2) is 0 Å². The van der Waals surface area contributed by atoms with Gasteiger partial charge in [0, 0.05) is 23.7 Å². The van der Waals surface area contributed by atoms with E-state index in [-0.39, 0.29) is 17.5 Å². The number of carbonyl (C=O) groups excluding carboxylic acids is 1. The van der Waals surface area contributed by atoms with Crippen LogP contribution >= 0.6 is 0 Å². The Hall–Kier alpha value is -1.35. The van der Waals surface area contributed by atoms with Crippen LogP contribution in [0, 0.1) is 0 Å². The van der Waals surface area contributed by atoms with Gasteiger partial charge in [-0.2, -0.15) is 0 Å². The molecule has 1 amide bonds. The van der Waals surface area contributed by atoms with E-state index in [0.717, 1.165) is 12.0 Å². The molecular weight excluding hydrogens is 200 g/mol. The van der Waals surface area contributed by atoms with Crippen molar-refractivity contribution in [2.45, 2.75) is 31.8 Å². The molecule has 0 aliphatic carbocycles. The molecule has 1 fully saturated rings. The summed E-state index contributed by atoms with van der Waals surface area (Å²) >= 11 is 0. The number of carbonyl (C=O) groups is 1. The molecule has 1 aromatic carbocycles. The summed E-state index contributed by atoms with van der Waals surface area (Å²) in [5, 5.41) is 0. The maximum atomic E-state index is 12.3. The van der Waals surface area contributed by atoms with Gasteiger partial charge in [-0.1, -0.05) is 18.2 Å². The molecule has 1 heterocycles. The van der Waals surface area contributed by atoms with Gasteiger partial charge in [-0.15, -0.1) is 0 Å². The van der Waals surface area contributed by atoms with Crippen molar-refractivity contribution in [3.8, 4) is 0 Å². The highest BCUT2D eigenvalue weighted by molar-refractivity contribution is 5.94. The van der Waals surface area contributed by atoms with Crippen molar-refractivity contribution in [2.75, 3.05) is 6.54 Å². The van der Waals surface area contributed by atoms with Crippen molar-refractivity contribution in [3.05, 3.63) is 35.9 Å². The standard InChI is InChI=1S/C13H18N2O/c1-13(2)8-11(14)9-15(13)12(16)10-6-4-3-5-7-10/h3-7,11H,8-9,14H2,1-2H3. The molecule has 3 heteroatoms. The molecule has 1 aliphatic heterocycles. The zero-order valence-electron chi connectivity index (χ0n) is 9.81. The predicted molar refractivity (Wildman–Crippen MR) is 64.1 cm³/mol. The number of hydrogen-bond acceptors (Lipinski definition) is 2. The smallest absolute Gasteiger partial charge is 0.254 e. The zero-order valence-corrected chi connectivity index (χ0v) is 9.81. The molecule has 0 spiro atoms. The fourth-order valence-electron chi connectivity index (χ4n) is 2.39. The second-order valence-corrected chi connectivity index (χ2v) is 5.06. The Morgan fingerprint density at radius 3 is 2.50 bits per heavy atom. The average molecular weight is 218 g/mol. The van der Waals surface area contributed by atoms with Crippen LogP contribution in [-0.4, -0.2) is 28.9 Å². The van der Waals surface area contributed by atoms with Crippen LogP contribution in [0.4, 0.5) is 0 Å². The minimum Gasteiger partial charge on any atom is -0.332 e. The number of rotatable bonds is 1. The molecule has 2 N–H and O–H groups in total. The Balaban J connectivity index is 2.23. The van der Waals surface area contributed by atoms with Gasteiger partial charge < -0.3 is 10.6 Å². The largest absolute Gasteiger partial charge is 0.332 e. The number of likely N-dealkylation sites (tertiary alicyclic amines) is 1. The molecule has 1 atom stereocenters. The number of benzene rings is 1. The van der Waals surface area contributed by atoms with E-state index in [2.05, 4.69) is 13.8 Å². The van der Waals surface area contributed by atoms with Crippen LogP contribution < -0.4 is 5.73 Å². The van der Waals surface area contributed by atoms with Crippen LogP contribution in [0.2, 0.25) is 0 Å². The summed E-state index contributed by atoms with van der Waals surface area (Å²) < 4.78 is 0. The van der Waals surface area contributed by atoms with E-state index in [1.54, 1.807) is 0 Å². The highest BCUT2D eigenvalue weighted by Gasteiger charge is 2.39. The number of nitrogens with zero attached hydrogens (tertiary/aromatic N) is 1. The normalized spacial score (nSPS) is 23.4. The van der Waals surface area contributed by atoms with Crippen molar-refractivity contribution >= 4 is 5.91 Å². The summed E-state index contributed by atoms with van der Waals surface area (Å²) in [6.07, 6.45) is 0.867. The Kier molecular flexibility index (Phi) is 2.72. The lowest BCUT2D eigenvalue weighted by atomic mass is 10.00. The molecule has 0 bridgehead atoms. The molecule has 0 radical (unpaired) electrons. The fourth-order valence-corrected chi connectivity index (χ4v) is 2.39. The molecule has 1 aliphatic rings. The summed E-state index contributed by atoms with van der Waals surface area (Å²) in [4.78, 5) is 14.2. The molecule has 3 nitrogen and oxygen atoms in total. The fraction of sp³-hybridized carbons (Fsp3) is 0.462. The Morgan fingerprint density at radius 1 is 1.38 bits per heavy atom. The van der Waals surface area contributed by atoms with E-state index < -0.39 is 0 Å². The number of amides is 1. The first-order valence-corrected chi connectivity index (χ1v) is 5.63. The van der Waals surface area contributed by atoms with E-state index in [1.807, 2.05) is 35.2 Å². The van der Waals surface area contributed by atoms with Crippen LogP contribution in [0.15, 0.2) is 30.3 Å². The van der Waals surface area contributed by atoms with Crippen molar-refractivity contribution in [3.63, 3.8) is 0 Å². The third-order valence-corrected chi connectivity index (χ3v) is 3.18. The average Bonchev–Trinajstić information content (AvgIpc) is 2.52. The molecule has 0 saturated carbocycles. The Morgan fingerprint density at radius 2 is 2.00 bits per heavy atom. The second kappa shape index (κ2) is 3.91. The van der Waals surface area contributed by atoms with Gasteiger partial charge >= 0.3 is 0 Å². The lowest BCUT2D eigenvalue weighted by molar-refractivity contribution is 0.0651. The van der Waals surface area contributed by atoms with Gasteiger partial charge in [0.15, 0.2) is 0 Å². The van der Waals surface area contributed by atoms with Crippen LogP contribution in [0.3, 0.4) is 0 Å². The minimum atomic E-state index is -0.133. The first-order chi connectivity index (χ1) is 7.50. The van der Waals surface area contributed by atoms with Gasteiger partial charge in [0.25, 0.3) is 5.91 Å². The summed E-state index contributed by atoms with van der Waals surface area (Å²) in [6, 6.07) is 9.48. The van der Waals surface area contributed by atoms with Crippen LogP contribution in [0.25, 0.3) is 0 Å². The van der Waals surface area contributed by atoms with Gasteiger partial charge in [0.2, 0.25) is 0 Å². The van der Waals surface area contributed by atoms with E-state index in [9.17, 15) is 4.79 Å². The topological polar surface area (TPSA) is 46.3 Å². The maximum Gasteiger partial charge on any atom is 0.254 e. The van der Waals surface area contributed by atoms with E-state index in [0.29, 0.717) is 6.54 Å². The molecule has 86 valence electrons. The third-order valence-electron chi connectivity index (χ3n) is 3.18. The lowest BCUT2D eigenvalue weighted by Gasteiger charge is -2.31. The van der Waals surface area contributed by atoms with Gasteiger partial charge in [-0.05, 0) is 32.4 Å². The van der Waals surface area contributed by atoms with E-state index in [4.69, 9.17) is 5.73 Å². The molecular formula is C13H18N2O. The van der Waals surface area contributed by atoms with Crippen LogP contribution in [0.1, 0.15) is 30.6 Å². The van der Waals surface area contributed by atoms with Crippen molar-refractivity contribution in [1.82, 2.24) is 4.90 Å². The SMILES string of the molecule is CC1(C)CC(N)CN1C(=O)c1ccccc1. The van der Waals surface area contributed by atoms with Crippen LogP contribution in [0.5, 0.6) is 0 Å². The monoisotopic (exact) mass is 218 g/mol. The maximum absolute atomic E-state index is 12.3. The number of nitrogens with two attached hydrogens (primary N) is 1. The molecule has 1 aromatic rings. The van der Waals surface area contributed by atoms with Crippen LogP contribution in [-0.2, 0) is 0 Å². The Labute approximate surface area is 96.2 Å². The predicted octanol–water partition coefficient (Wildman–Crippen LogP) is 1.64. The zero-order chi connectivity index (χ0) is 11.8. The van der Waals surface area contributed by atoms with Gasteiger partial charge in [0.05, 0.1) is 0 Å². The molecule has 0 aromatic heterocycles. The van der Waals surface area contributed by atoms with E-state index >= 15 is 0 Å². The third kappa shape index (κ3) is 1.95. The highest BCUT2D eigenvalue weighted by atomic mass is 16.2.